The SMILES string of the molecule is CC[C@H](C)NC(=O)[C@H](CC)N(Cc1ccccc1)C(=O)CN(c1cc(Cl)ccc1OC)S(=O)(=O)c1ccc(C)c([N+](=O)[O-])c1. The number of nitro benzene ring substituents is 1. The van der Waals surface area contributed by atoms with E-state index in [4.69, 9.17) is 16.3 Å². The lowest BCUT2D eigenvalue weighted by molar-refractivity contribution is -0.385. The van der Waals surface area contributed by atoms with Gasteiger partial charge in [0.2, 0.25) is 11.8 Å². The van der Waals surface area contributed by atoms with Crippen LogP contribution in [0.3, 0.4) is 0 Å². The first kappa shape index (κ1) is 34.3. The fourth-order valence-corrected chi connectivity index (χ4v) is 6.19. The summed E-state index contributed by atoms with van der Waals surface area (Å²) in [7, 11) is -3.27. The summed E-state index contributed by atoms with van der Waals surface area (Å²) >= 11 is 6.27. The normalized spacial score (nSPS) is 12.6. The van der Waals surface area contributed by atoms with Gasteiger partial charge in [-0.1, -0.05) is 61.8 Å². The molecule has 0 spiro atoms. The van der Waals surface area contributed by atoms with Crippen LogP contribution in [0.15, 0.2) is 71.6 Å². The molecule has 0 aliphatic heterocycles. The second-order valence-electron chi connectivity index (χ2n) is 10.3. The van der Waals surface area contributed by atoms with Crippen LogP contribution in [-0.2, 0) is 26.2 Å². The largest absolute Gasteiger partial charge is 0.495 e. The number of carbonyl (C=O) groups excluding carboxylic acids is 2. The number of anilines is 1. The standard InChI is InChI=1S/C31H37ClN4O7S/c1-6-22(4)33-31(38)26(7-2)34(19-23-11-9-8-10-12-23)30(37)20-35(28-17-24(32)14-16-29(28)43-5)44(41,42)25-15-13-21(3)27(18-25)36(39)40/h8-18,22,26H,6-7,19-20H2,1-5H3,(H,33,38)/t22-,26-/m0/s1. The number of halogens is 1. The number of amides is 2. The molecule has 13 heteroatoms. The Morgan fingerprint density at radius 1 is 1.05 bits per heavy atom. The van der Waals surface area contributed by atoms with Gasteiger partial charge in [-0.2, -0.15) is 0 Å². The van der Waals surface area contributed by atoms with Gasteiger partial charge < -0.3 is 15.0 Å². The number of hydrogen-bond donors (Lipinski definition) is 1. The Balaban J connectivity index is 2.18. The number of nitro groups is 1. The van der Waals surface area contributed by atoms with Crippen molar-refractivity contribution in [3.63, 3.8) is 0 Å². The molecule has 236 valence electrons. The van der Waals surface area contributed by atoms with Crippen molar-refractivity contribution in [2.45, 2.75) is 64.1 Å². The van der Waals surface area contributed by atoms with Crippen LogP contribution >= 0.6 is 11.6 Å². The maximum absolute atomic E-state index is 14.2. The van der Waals surface area contributed by atoms with Crippen molar-refractivity contribution in [3.05, 3.63) is 93.0 Å². The number of ether oxygens (including phenoxy) is 1. The smallest absolute Gasteiger partial charge is 0.273 e. The summed E-state index contributed by atoms with van der Waals surface area (Å²) in [5.74, 6) is -0.939. The Kier molecular flexibility index (Phi) is 11.7. The lowest BCUT2D eigenvalue weighted by Crippen LogP contribution is -2.53. The molecule has 0 aliphatic carbocycles. The molecule has 0 saturated heterocycles. The van der Waals surface area contributed by atoms with E-state index in [0.717, 1.165) is 15.9 Å². The van der Waals surface area contributed by atoms with Crippen molar-refractivity contribution in [2.75, 3.05) is 18.0 Å². The molecular weight excluding hydrogens is 608 g/mol. The highest BCUT2D eigenvalue weighted by molar-refractivity contribution is 7.92. The van der Waals surface area contributed by atoms with E-state index in [0.29, 0.717) is 6.42 Å². The first-order chi connectivity index (χ1) is 20.8. The van der Waals surface area contributed by atoms with Crippen molar-refractivity contribution in [2.24, 2.45) is 0 Å². The van der Waals surface area contributed by atoms with Crippen molar-refractivity contribution < 1.29 is 27.7 Å². The lowest BCUT2D eigenvalue weighted by Gasteiger charge is -2.34. The van der Waals surface area contributed by atoms with Gasteiger partial charge in [-0.25, -0.2) is 8.42 Å². The highest BCUT2D eigenvalue weighted by Gasteiger charge is 2.36. The number of benzene rings is 3. The Morgan fingerprint density at radius 2 is 1.73 bits per heavy atom. The van der Waals surface area contributed by atoms with Gasteiger partial charge in [0.15, 0.2) is 0 Å². The molecule has 0 unspecified atom stereocenters. The average molecular weight is 645 g/mol. The van der Waals surface area contributed by atoms with Crippen molar-refractivity contribution in [1.82, 2.24) is 10.2 Å². The van der Waals surface area contributed by atoms with Gasteiger partial charge >= 0.3 is 0 Å². The molecule has 2 amide bonds. The molecule has 0 fully saturated rings. The van der Waals surface area contributed by atoms with Crippen molar-refractivity contribution >= 4 is 44.8 Å². The summed E-state index contributed by atoms with van der Waals surface area (Å²) in [6.07, 6.45) is 0.941. The van der Waals surface area contributed by atoms with Gasteiger partial charge in [0.05, 0.1) is 22.6 Å². The van der Waals surface area contributed by atoms with E-state index in [2.05, 4.69) is 5.32 Å². The van der Waals surface area contributed by atoms with Gasteiger partial charge in [-0.15, -0.1) is 0 Å². The second-order valence-corrected chi connectivity index (χ2v) is 12.6. The molecule has 0 radical (unpaired) electrons. The van der Waals surface area contributed by atoms with E-state index in [1.165, 1.54) is 49.3 Å². The Hall–Kier alpha value is -4.16. The van der Waals surface area contributed by atoms with E-state index in [-0.39, 0.29) is 46.9 Å². The predicted molar refractivity (Wildman–Crippen MR) is 169 cm³/mol. The summed E-state index contributed by atoms with van der Waals surface area (Å²) in [5, 5.41) is 14.8. The van der Waals surface area contributed by atoms with E-state index >= 15 is 0 Å². The zero-order chi connectivity index (χ0) is 32.6. The summed E-state index contributed by atoms with van der Waals surface area (Å²) in [4.78, 5) is 39.6. The number of nitrogens with one attached hydrogen (secondary N) is 1. The quantitative estimate of drug-likeness (QED) is 0.181. The molecule has 3 aromatic carbocycles. The predicted octanol–water partition coefficient (Wildman–Crippen LogP) is 5.48. The average Bonchev–Trinajstić information content (AvgIpc) is 2.99. The first-order valence-electron chi connectivity index (χ1n) is 14.1. The Bertz CT molecular complexity index is 1600. The van der Waals surface area contributed by atoms with Crippen LogP contribution in [-0.4, -0.2) is 55.8 Å². The molecule has 0 aliphatic rings. The van der Waals surface area contributed by atoms with E-state index in [1.807, 2.05) is 19.9 Å². The first-order valence-corrected chi connectivity index (χ1v) is 15.9. The molecule has 3 rings (SSSR count). The fraction of sp³-hybridized carbons (Fsp3) is 0.355. The van der Waals surface area contributed by atoms with Crippen LogP contribution in [0.2, 0.25) is 5.02 Å². The molecule has 0 heterocycles. The Labute approximate surface area is 263 Å². The molecule has 3 aromatic rings. The van der Waals surface area contributed by atoms with Crippen LogP contribution in [0.4, 0.5) is 11.4 Å². The van der Waals surface area contributed by atoms with Gasteiger partial charge in [-0.05, 0) is 56.5 Å². The summed E-state index contributed by atoms with van der Waals surface area (Å²) in [5.41, 5.74) is 0.561. The monoisotopic (exact) mass is 644 g/mol. The van der Waals surface area contributed by atoms with Gasteiger partial charge in [0.1, 0.15) is 18.3 Å². The van der Waals surface area contributed by atoms with E-state index in [9.17, 15) is 28.1 Å². The van der Waals surface area contributed by atoms with Crippen LogP contribution in [0.5, 0.6) is 5.75 Å². The number of methoxy groups -OCH3 is 1. The minimum Gasteiger partial charge on any atom is -0.495 e. The molecule has 11 nitrogen and oxygen atoms in total. The lowest BCUT2D eigenvalue weighted by atomic mass is 10.1. The zero-order valence-corrected chi connectivity index (χ0v) is 26.9. The van der Waals surface area contributed by atoms with Crippen LogP contribution < -0.4 is 14.4 Å². The van der Waals surface area contributed by atoms with Crippen LogP contribution in [0.1, 0.15) is 44.7 Å². The summed E-state index contributed by atoms with van der Waals surface area (Å²) < 4.78 is 34.7. The molecular formula is C31H37ClN4O7S. The molecule has 0 aromatic heterocycles. The number of carbonyl (C=O) groups is 2. The third kappa shape index (κ3) is 8.06. The maximum atomic E-state index is 14.2. The molecule has 0 saturated carbocycles. The van der Waals surface area contributed by atoms with Crippen molar-refractivity contribution in [1.29, 1.82) is 0 Å². The number of sulfonamides is 1. The van der Waals surface area contributed by atoms with E-state index in [1.54, 1.807) is 31.2 Å². The van der Waals surface area contributed by atoms with Gasteiger partial charge in [0.25, 0.3) is 15.7 Å². The number of aryl methyl sites for hydroxylation is 1. The van der Waals surface area contributed by atoms with Crippen LogP contribution in [0.25, 0.3) is 0 Å². The minimum absolute atomic E-state index is 0.0304. The topological polar surface area (TPSA) is 139 Å². The van der Waals surface area contributed by atoms with Gasteiger partial charge in [0, 0.05) is 29.2 Å². The number of hydrogen-bond acceptors (Lipinski definition) is 7. The highest BCUT2D eigenvalue weighted by Crippen LogP contribution is 2.36. The summed E-state index contributed by atoms with van der Waals surface area (Å²) in [6, 6.07) is 15.8. The van der Waals surface area contributed by atoms with Crippen molar-refractivity contribution in [3.8, 4) is 5.75 Å². The third-order valence-corrected chi connectivity index (χ3v) is 9.23. The fourth-order valence-electron chi connectivity index (χ4n) is 4.59. The second kappa shape index (κ2) is 15.0. The molecule has 2 atom stereocenters. The summed E-state index contributed by atoms with van der Waals surface area (Å²) in [6.45, 7) is 6.33. The van der Waals surface area contributed by atoms with Crippen LogP contribution in [0, 0.1) is 17.0 Å². The molecule has 1 N–H and O–H groups in total. The zero-order valence-electron chi connectivity index (χ0n) is 25.3. The molecule has 0 bridgehead atoms. The highest BCUT2D eigenvalue weighted by atomic mass is 35.5. The maximum Gasteiger partial charge on any atom is 0.273 e. The Morgan fingerprint density at radius 3 is 2.32 bits per heavy atom. The number of rotatable bonds is 14. The third-order valence-electron chi connectivity index (χ3n) is 7.24. The number of nitrogens with zero attached hydrogens (tertiary/aromatic N) is 3. The minimum atomic E-state index is -4.61. The molecule has 44 heavy (non-hydrogen) atoms. The van der Waals surface area contributed by atoms with E-state index < -0.39 is 44.0 Å². The van der Waals surface area contributed by atoms with Gasteiger partial charge in [-0.3, -0.25) is 24.0 Å².